The maximum Gasteiger partial charge on any atom is 0.317 e. The quantitative estimate of drug-likeness (QED) is 0.701. The molecule has 0 heterocycles. The maximum absolute atomic E-state index is 13.0. The number of carbonyl (C=O) groups excluding carboxylic acids is 1. The van der Waals surface area contributed by atoms with Crippen LogP contribution < -0.4 is 5.32 Å². The van der Waals surface area contributed by atoms with Crippen molar-refractivity contribution >= 4 is 11.9 Å². The lowest BCUT2D eigenvalue weighted by Crippen LogP contribution is -2.58. The van der Waals surface area contributed by atoms with Gasteiger partial charge in [0.15, 0.2) is 0 Å². The molecule has 1 aromatic rings. The van der Waals surface area contributed by atoms with Crippen LogP contribution in [-0.4, -0.2) is 47.1 Å². The van der Waals surface area contributed by atoms with Crippen molar-refractivity contribution in [2.24, 2.45) is 11.3 Å². The summed E-state index contributed by atoms with van der Waals surface area (Å²) in [6.45, 7) is 1.02. The largest absolute Gasteiger partial charge is 0.480 e. The first-order valence-electron chi connectivity index (χ1n) is 10.3. The summed E-state index contributed by atoms with van der Waals surface area (Å²) in [5.74, 6) is 0.134. The molecular weight excluding hydrogens is 340 g/mol. The van der Waals surface area contributed by atoms with Crippen LogP contribution in [0.5, 0.6) is 0 Å². The van der Waals surface area contributed by atoms with Crippen LogP contribution >= 0.6 is 0 Å². The van der Waals surface area contributed by atoms with E-state index in [-0.39, 0.29) is 23.9 Å². The van der Waals surface area contributed by atoms with Crippen LogP contribution in [0.2, 0.25) is 0 Å². The number of nitrogens with one attached hydrogen (secondary N) is 1. The van der Waals surface area contributed by atoms with Gasteiger partial charge in [-0.2, -0.15) is 0 Å². The summed E-state index contributed by atoms with van der Waals surface area (Å²) in [6, 6.07) is 10.8. The molecule has 0 spiro atoms. The van der Waals surface area contributed by atoms with Crippen LogP contribution in [-0.2, 0) is 16.0 Å². The van der Waals surface area contributed by atoms with Gasteiger partial charge in [0, 0.05) is 18.6 Å². The van der Waals surface area contributed by atoms with Crippen LogP contribution in [0.1, 0.15) is 50.5 Å². The molecule has 1 aromatic carbocycles. The maximum atomic E-state index is 13.0. The van der Waals surface area contributed by atoms with Gasteiger partial charge in [-0.3, -0.25) is 14.5 Å². The number of amides is 1. The molecule has 3 fully saturated rings. The van der Waals surface area contributed by atoms with Gasteiger partial charge in [0.2, 0.25) is 5.91 Å². The standard InChI is InChI=1S/C22H30N2O3/c25-20(26)15-24(14-17-7-8-17)19-11-18(12-19)23-21(27)22(9-4-10-22)13-16-5-2-1-3-6-16/h1-3,5-6,17-19H,4,7-15H2,(H,23,27)(H,25,26). The summed E-state index contributed by atoms with van der Waals surface area (Å²) in [5, 5.41) is 12.4. The van der Waals surface area contributed by atoms with Gasteiger partial charge >= 0.3 is 5.97 Å². The van der Waals surface area contributed by atoms with Gasteiger partial charge in [0.25, 0.3) is 0 Å². The molecule has 3 saturated carbocycles. The topological polar surface area (TPSA) is 69.6 Å². The second-order valence-electron chi connectivity index (χ2n) is 8.86. The Balaban J connectivity index is 1.29. The molecule has 0 saturated heterocycles. The summed E-state index contributed by atoms with van der Waals surface area (Å²) in [7, 11) is 0. The number of carbonyl (C=O) groups is 2. The highest BCUT2D eigenvalue weighted by Gasteiger charge is 2.46. The van der Waals surface area contributed by atoms with E-state index in [0.717, 1.165) is 45.1 Å². The van der Waals surface area contributed by atoms with Crippen molar-refractivity contribution < 1.29 is 14.7 Å². The summed E-state index contributed by atoms with van der Waals surface area (Å²) in [5.41, 5.74) is 0.997. The van der Waals surface area contributed by atoms with Crippen LogP contribution in [0.15, 0.2) is 30.3 Å². The average molecular weight is 370 g/mol. The fourth-order valence-electron chi connectivity index (χ4n) is 4.57. The highest BCUT2D eigenvalue weighted by atomic mass is 16.4. The minimum atomic E-state index is -0.751. The number of aliphatic carboxylic acids is 1. The van der Waals surface area contributed by atoms with Gasteiger partial charge in [-0.25, -0.2) is 0 Å². The van der Waals surface area contributed by atoms with Crippen molar-refractivity contribution in [2.75, 3.05) is 13.1 Å². The Hall–Kier alpha value is -1.88. The minimum absolute atomic E-state index is 0.125. The van der Waals surface area contributed by atoms with Crippen molar-refractivity contribution in [3.63, 3.8) is 0 Å². The van der Waals surface area contributed by atoms with E-state index in [1.165, 1.54) is 18.4 Å². The fraction of sp³-hybridized carbons (Fsp3) is 0.636. The molecule has 0 radical (unpaired) electrons. The zero-order valence-electron chi connectivity index (χ0n) is 15.9. The fourth-order valence-corrected chi connectivity index (χ4v) is 4.57. The first kappa shape index (κ1) is 18.5. The molecule has 27 heavy (non-hydrogen) atoms. The molecule has 0 aliphatic heterocycles. The SMILES string of the molecule is O=C(O)CN(CC1CC1)C1CC(NC(=O)C2(Cc3ccccc3)CCC2)C1. The Morgan fingerprint density at radius 1 is 1.15 bits per heavy atom. The normalized spacial score (nSPS) is 26.1. The molecule has 0 aromatic heterocycles. The summed E-state index contributed by atoms with van der Waals surface area (Å²) < 4.78 is 0. The highest BCUT2D eigenvalue weighted by molar-refractivity contribution is 5.84. The van der Waals surface area contributed by atoms with Crippen molar-refractivity contribution in [3.8, 4) is 0 Å². The van der Waals surface area contributed by atoms with E-state index in [1.807, 2.05) is 18.2 Å². The van der Waals surface area contributed by atoms with Crippen LogP contribution in [0.3, 0.4) is 0 Å². The molecule has 0 unspecified atom stereocenters. The molecular formula is C22H30N2O3. The third-order valence-electron chi connectivity index (χ3n) is 6.67. The Morgan fingerprint density at radius 3 is 2.41 bits per heavy atom. The predicted molar refractivity (Wildman–Crippen MR) is 103 cm³/mol. The van der Waals surface area contributed by atoms with E-state index in [2.05, 4.69) is 22.3 Å². The molecule has 146 valence electrons. The number of hydrogen-bond donors (Lipinski definition) is 2. The lowest BCUT2D eigenvalue weighted by Gasteiger charge is -2.46. The third-order valence-corrected chi connectivity index (χ3v) is 6.67. The third kappa shape index (κ3) is 4.34. The minimum Gasteiger partial charge on any atom is -0.480 e. The average Bonchev–Trinajstić information content (AvgIpc) is 3.37. The number of rotatable bonds is 9. The van der Waals surface area contributed by atoms with E-state index < -0.39 is 5.97 Å². The van der Waals surface area contributed by atoms with Gasteiger partial charge in [-0.15, -0.1) is 0 Å². The molecule has 3 aliphatic carbocycles. The number of carboxylic acids is 1. The van der Waals surface area contributed by atoms with Crippen molar-refractivity contribution in [2.45, 2.75) is 63.5 Å². The van der Waals surface area contributed by atoms with Gasteiger partial charge in [0.1, 0.15) is 0 Å². The molecule has 0 atom stereocenters. The monoisotopic (exact) mass is 370 g/mol. The molecule has 3 aliphatic rings. The number of hydrogen-bond acceptors (Lipinski definition) is 3. The predicted octanol–water partition coefficient (Wildman–Crippen LogP) is 2.84. The van der Waals surface area contributed by atoms with E-state index >= 15 is 0 Å². The van der Waals surface area contributed by atoms with Gasteiger partial charge in [-0.1, -0.05) is 36.8 Å². The smallest absolute Gasteiger partial charge is 0.317 e. The Labute approximate surface area is 161 Å². The zero-order valence-corrected chi connectivity index (χ0v) is 15.9. The lowest BCUT2D eigenvalue weighted by atomic mass is 9.64. The summed E-state index contributed by atoms with van der Waals surface area (Å²) in [4.78, 5) is 26.3. The van der Waals surface area contributed by atoms with E-state index in [9.17, 15) is 14.7 Å². The van der Waals surface area contributed by atoms with E-state index in [4.69, 9.17) is 0 Å². The van der Waals surface area contributed by atoms with Crippen LogP contribution in [0, 0.1) is 11.3 Å². The Bertz CT molecular complexity index is 676. The zero-order chi connectivity index (χ0) is 18.9. The Morgan fingerprint density at radius 2 is 1.85 bits per heavy atom. The van der Waals surface area contributed by atoms with Crippen LogP contribution in [0.25, 0.3) is 0 Å². The molecule has 2 N–H and O–H groups in total. The second kappa shape index (κ2) is 7.63. The van der Waals surface area contributed by atoms with Gasteiger partial charge in [-0.05, 0) is 56.4 Å². The van der Waals surface area contributed by atoms with E-state index in [1.54, 1.807) is 0 Å². The molecule has 1 amide bonds. The van der Waals surface area contributed by atoms with Crippen molar-refractivity contribution in [1.29, 1.82) is 0 Å². The van der Waals surface area contributed by atoms with Gasteiger partial charge < -0.3 is 10.4 Å². The first-order valence-corrected chi connectivity index (χ1v) is 10.3. The van der Waals surface area contributed by atoms with Crippen LogP contribution in [0.4, 0.5) is 0 Å². The van der Waals surface area contributed by atoms with Crippen molar-refractivity contribution in [1.82, 2.24) is 10.2 Å². The molecule has 5 nitrogen and oxygen atoms in total. The first-order chi connectivity index (χ1) is 13.0. The molecule has 5 heteroatoms. The number of benzene rings is 1. The summed E-state index contributed by atoms with van der Waals surface area (Å²) >= 11 is 0. The molecule has 0 bridgehead atoms. The number of nitrogens with zero attached hydrogens (tertiary/aromatic N) is 1. The lowest BCUT2D eigenvalue weighted by molar-refractivity contribution is -0.141. The molecule has 4 rings (SSSR count). The van der Waals surface area contributed by atoms with Gasteiger partial charge in [0.05, 0.1) is 12.0 Å². The number of carboxylic acid groups (broad SMARTS) is 1. The summed E-state index contributed by atoms with van der Waals surface area (Å²) in [6.07, 6.45) is 8.10. The Kier molecular flexibility index (Phi) is 5.22. The highest BCUT2D eigenvalue weighted by Crippen LogP contribution is 2.44. The van der Waals surface area contributed by atoms with E-state index in [0.29, 0.717) is 12.0 Å². The van der Waals surface area contributed by atoms with Crippen molar-refractivity contribution in [3.05, 3.63) is 35.9 Å². The second-order valence-corrected chi connectivity index (χ2v) is 8.86.